The SMILES string of the molecule is CCC(C)CN(CC)c1nc(N)nc2sc(C)cc12. The van der Waals surface area contributed by atoms with Crippen LogP contribution in [-0.2, 0) is 0 Å². The van der Waals surface area contributed by atoms with Crippen LogP contribution in [0.5, 0.6) is 0 Å². The van der Waals surface area contributed by atoms with E-state index in [4.69, 9.17) is 5.73 Å². The number of anilines is 2. The van der Waals surface area contributed by atoms with Gasteiger partial charge in [0.1, 0.15) is 10.6 Å². The minimum Gasteiger partial charge on any atom is -0.368 e. The monoisotopic (exact) mass is 278 g/mol. The third-order valence-corrected chi connectivity index (χ3v) is 4.37. The Morgan fingerprint density at radius 2 is 2.11 bits per heavy atom. The van der Waals surface area contributed by atoms with Gasteiger partial charge in [0.05, 0.1) is 5.39 Å². The summed E-state index contributed by atoms with van der Waals surface area (Å²) in [4.78, 5) is 13.3. The number of fused-ring (bicyclic) bond motifs is 1. The molecule has 0 aliphatic rings. The molecule has 104 valence electrons. The molecule has 0 saturated carbocycles. The molecular formula is C14H22N4S. The highest BCUT2D eigenvalue weighted by molar-refractivity contribution is 7.18. The van der Waals surface area contributed by atoms with Crippen LogP contribution in [-0.4, -0.2) is 23.1 Å². The molecule has 0 aromatic carbocycles. The first-order chi connectivity index (χ1) is 9.05. The van der Waals surface area contributed by atoms with Crippen molar-refractivity contribution in [1.82, 2.24) is 9.97 Å². The lowest BCUT2D eigenvalue weighted by Gasteiger charge is -2.25. The summed E-state index contributed by atoms with van der Waals surface area (Å²) in [5, 5.41) is 1.13. The largest absolute Gasteiger partial charge is 0.368 e. The van der Waals surface area contributed by atoms with Crippen molar-refractivity contribution in [2.24, 2.45) is 5.92 Å². The average Bonchev–Trinajstić information content (AvgIpc) is 2.74. The van der Waals surface area contributed by atoms with Crippen LogP contribution in [0.3, 0.4) is 0 Å². The molecule has 2 aromatic rings. The number of thiophene rings is 1. The van der Waals surface area contributed by atoms with Crippen LogP contribution in [0.2, 0.25) is 0 Å². The number of hydrogen-bond donors (Lipinski definition) is 1. The van der Waals surface area contributed by atoms with Crippen molar-refractivity contribution in [1.29, 1.82) is 0 Å². The summed E-state index contributed by atoms with van der Waals surface area (Å²) in [5.74, 6) is 1.99. The first-order valence-electron chi connectivity index (χ1n) is 6.83. The van der Waals surface area contributed by atoms with Gasteiger partial charge in [0, 0.05) is 18.0 Å². The molecule has 0 spiro atoms. The summed E-state index contributed by atoms with van der Waals surface area (Å²) in [6.45, 7) is 10.7. The quantitative estimate of drug-likeness (QED) is 0.910. The van der Waals surface area contributed by atoms with Crippen molar-refractivity contribution in [3.8, 4) is 0 Å². The van der Waals surface area contributed by atoms with Gasteiger partial charge < -0.3 is 10.6 Å². The van der Waals surface area contributed by atoms with Gasteiger partial charge in [-0.1, -0.05) is 20.3 Å². The topological polar surface area (TPSA) is 55.0 Å². The third-order valence-electron chi connectivity index (χ3n) is 3.42. The third kappa shape index (κ3) is 2.97. The second kappa shape index (κ2) is 5.74. The molecule has 5 heteroatoms. The Bertz CT molecular complexity index is 564. The number of aryl methyl sites for hydroxylation is 1. The maximum Gasteiger partial charge on any atom is 0.223 e. The van der Waals surface area contributed by atoms with Crippen molar-refractivity contribution in [3.05, 3.63) is 10.9 Å². The van der Waals surface area contributed by atoms with Crippen LogP contribution in [0.4, 0.5) is 11.8 Å². The molecule has 0 aliphatic heterocycles. The zero-order chi connectivity index (χ0) is 14.0. The molecular weight excluding hydrogens is 256 g/mol. The maximum atomic E-state index is 5.85. The summed E-state index contributed by atoms with van der Waals surface area (Å²) in [6.07, 6.45) is 1.17. The maximum absolute atomic E-state index is 5.85. The van der Waals surface area contributed by atoms with Crippen molar-refractivity contribution in [2.45, 2.75) is 34.1 Å². The fourth-order valence-corrected chi connectivity index (χ4v) is 3.04. The van der Waals surface area contributed by atoms with Gasteiger partial charge in [-0.25, -0.2) is 4.98 Å². The Morgan fingerprint density at radius 1 is 1.37 bits per heavy atom. The lowest BCUT2D eigenvalue weighted by molar-refractivity contribution is 0.546. The van der Waals surface area contributed by atoms with Crippen molar-refractivity contribution < 1.29 is 0 Å². The normalized spacial score (nSPS) is 12.8. The molecule has 0 fully saturated rings. The van der Waals surface area contributed by atoms with Gasteiger partial charge >= 0.3 is 0 Å². The van der Waals surface area contributed by atoms with Gasteiger partial charge in [-0.05, 0) is 25.8 Å². The molecule has 19 heavy (non-hydrogen) atoms. The molecule has 4 nitrogen and oxygen atoms in total. The van der Waals surface area contributed by atoms with E-state index in [9.17, 15) is 0 Å². The van der Waals surface area contributed by atoms with E-state index in [0.29, 0.717) is 11.9 Å². The zero-order valence-corrected chi connectivity index (χ0v) is 12.9. The summed E-state index contributed by atoms with van der Waals surface area (Å²) in [7, 11) is 0. The fraction of sp³-hybridized carbons (Fsp3) is 0.571. The predicted octanol–water partition coefficient (Wildman–Crippen LogP) is 3.45. The Morgan fingerprint density at radius 3 is 2.74 bits per heavy atom. The average molecular weight is 278 g/mol. The molecule has 2 heterocycles. The molecule has 0 radical (unpaired) electrons. The Labute approximate surface area is 118 Å². The molecule has 2 aromatic heterocycles. The summed E-state index contributed by atoms with van der Waals surface area (Å²) in [5.41, 5.74) is 5.85. The lowest BCUT2D eigenvalue weighted by Crippen LogP contribution is -2.29. The molecule has 0 amide bonds. The smallest absolute Gasteiger partial charge is 0.223 e. The van der Waals surface area contributed by atoms with E-state index in [2.05, 4.69) is 48.6 Å². The highest BCUT2D eigenvalue weighted by Crippen LogP contribution is 2.31. The van der Waals surface area contributed by atoms with E-state index in [1.54, 1.807) is 11.3 Å². The number of nitrogens with two attached hydrogens (primary N) is 1. The van der Waals surface area contributed by atoms with Gasteiger partial charge in [-0.15, -0.1) is 11.3 Å². The van der Waals surface area contributed by atoms with E-state index in [1.165, 1.54) is 11.3 Å². The van der Waals surface area contributed by atoms with E-state index >= 15 is 0 Å². The number of nitrogen functional groups attached to an aromatic ring is 1. The van der Waals surface area contributed by atoms with Gasteiger partial charge in [0.15, 0.2) is 0 Å². The van der Waals surface area contributed by atoms with Crippen molar-refractivity contribution in [2.75, 3.05) is 23.7 Å². The standard InChI is InChI=1S/C14H22N4S/c1-5-9(3)8-18(6-2)12-11-7-10(4)19-13(11)17-14(15)16-12/h7,9H,5-6,8H2,1-4H3,(H2,15,16,17). The zero-order valence-electron chi connectivity index (χ0n) is 12.1. The minimum absolute atomic E-state index is 0.368. The van der Waals surface area contributed by atoms with Crippen molar-refractivity contribution in [3.63, 3.8) is 0 Å². The minimum atomic E-state index is 0.368. The van der Waals surface area contributed by atoms with E-state index < -0.39 is 0 Å². The van der Waals surface area contributed by atoms with E-state index in [1.807, 2.05) is 0 Å². The predicted molar refractivity (Wildman–Crippen MR) is 83.9 cm³/mol. The van der Waals surface area contributed by atoms with Crippen molar-refractivity contribution >= 4 is 33.3 Å². The number of rotatable bonds is 5. The highest BCUT2D eigenvalue weighted by atomic mass is 32.1. The molecule has 2 rings (SSSR count). The highest BCUT2D eigenvalue weighted by Gasteiger charge is 2.16. The second-order valence-corrected chi connectivity index (χ2v) is 6.27. The van der Waals surface area contributed by atoms with Crippen LogP contribution in [0.25, 0.3) is 10.2 Å². The summed E-state index contributed by atoms with van der Waals surface area (Å²) >= 11 is 1.68. The Balaban J connectivity index is 2.46. The number of hydrogen-bond acceptors (Lipinski definition) is 5. The van der Waals surface area contributed by atoms with Gasteiger partial charge in [0.2, 0.25) is 5.95 Å². The van der Waals surface area contributed by atoms with Crippen LogP contribution in [0.1, 0.15) is 32.1 Å². The molecule has 0 saturated heterocycles. The molecule has 0 aliphatic carbocycles. The van der Waals surface area contributed by atoms with Gasteiger partial charge in [-0.3, -0.25) is 0 Å². The molecule has 1 atom stereocenters. The first kappa shape index (κ1) is 14.1. The first-order valence-corrected chi connectivity index (χ1v) is 7.65. The Hall–Kier alpha value is -1.36. The molecule has 1 unspecified atom stereocenters. The summed E-state index contributed by atoms with van der Waals surface area (Å²) < 4.78 is 0. The van der Waals surface area contributed by atoms with Crippen LogP contribution in [0, 0.1) is 12.8 Å². The number of aromatic nitrogens is 2. The fourth-order valence-electron chi connectivity index (χ4n) is 2.15. The lowest BCUT2D eigenvalue weighted by atomic mass is 10.1. The summed E-state index contributed by atoms with van der Waals surface area (Å²) in [6, 6.07) is 2.16. The van der Waals surface area contributed by atoms with Crippen LogP contribution in [0.15, 0.2) is 6.07 Å². The second-order valence-electron chi connectivity index (χ2n) is 5.03. The Kier molecular flexibility index (Phi) is 4.24. The van der Waals surface area contributed by atoms with E-state index in [-0.39, 0.29) is 0 Å². The van der Waals surface area contributed by atoms with Crippen LogP contribution < -0.4 is 10.6 Å². The van der Waals surface area contributed by atoms with Gasteiger partial charge in [0.25, 0.3) is 0 Å². The molecule has 2 N–H and O–H groups in total. The van der Waals surface area contributed by atoms with Crippen LogP contribution >= 0.6 is 11.3 Å². The number of nitrogens with zero attached hydrogens (tertiary/aromatic N) is 3. The molecule has 0 bridgehead atoms. The van der Waals surface area contributed by atoms with Gasteiger partial charge in [-0.2, -0.15) is 4.98 Å². The van der Waals surface area contributed by atoms with E-state index in [0.717, 1.165) is 29.1 Å².